The van der Waals surface area contributed by atoms with Crippen LogP contribution < -0.4 is 0 Å². The molecule has 1 aliphatic rings. The molecule has 0 aliphatic heterocycles. The van der Waals surface area contributed by atoms with Crippen molar-refractivity contribution >= 4 is 16.2 Å². The minimum atomic E-state index is -5.01. The maximum atomic E-state index is 14.5. The molecule has 0 bridgehead atoms. The van der Waals surface area contributed by atoms with E-state index in [1.54, 1.807) is 0 Å². The highest BCUT2D eigenvalue weighted by Crippen LogP contribution is 2.50. The Kier molecular flexibility index (Phi) is 3.18. The SMILES string of the molecule is C=CC1(F)c2ccccc2C(OS(=O)(=O)O)=CC1(F)F. The van der Waals surface area contributed by atoms with Crippen LogP contribution in [-0.4, -0.2) is 18.9 Å². The Bertz CT molecular complexity index is 696. The molecule has 0 aromatic heterocycles. The zero-order valence-electron chi connectivity index (χ0n) is 9.89. The number of fused-ring (bicyclic) bond motifs is 1. The number of hydrogen-bond acceptors (Lipinski definition) is 3. The van der Waals surface area contributed by atoms with Crippen molar-refractivity contribution < 1.29 is 30.3 Å². The summed E-state index contributed by atoms with van der Waals surface area (Å²) in [5.41, 5.74) is -3.91. The first-order valence-electron chi connectivity index (χ1n) is 5.31. The molecule has 0 saturated carbocycles. The summed E-state index contributed by atoms with van der Waals surface area (Å²) in [6, 6.07) is 4.95. The van der Waals surface area contributed by atoms with E-state index in [1.807, 2.05) is 0 Å². The van der Waals surface area contributed by atoms with Crippen LogP contribution in [0.2, 0.25) is 0 Å². The average molecular weight is 306 g/mol. The topological polar surface area (TPSA) is 63.6 Å². The molecular formula is C12H9F3O4S. The van der Waals surface area contributed by atoms with Crippen LogP contribution in [0.3, 0.4) is 0 Å². The van der Waals surface area contributed by atoms with Crippen molar-refractivity contribution in [2.75, 3.05) is 0 Å². The van der Waals surface area contributed by atoms with Gasteiger partial charge in [0.15, 0.2) is 5.76 Å². The number of allylic oxidation sites excluding steroid dienone is 2. The van der Waals surface area contributed by atoms with Crippen LogP contribution in [0.15, 0.2) is 43.0 Å². The first-order chi connectivity index (χ1) is 9.11. The quantitative estimate of drug-likeness (QED) is 0.689. The lowest BCUT2D eigenvalue weighted by atomic mass is 9.81. The zero-order chi connectivity index (χ0) is 15.2. The third kappa shape index (κ3) is 2.20. The molecule has 1 atom stereocenters. The van der Waals surface area contributed by atoms with Gasteiger partial charge in [0, 0.05) is 17.2 Å². The molecule has 0 radical (unpaired) electrons. The van der Waals surface area contributed by atoms with E-state index in [4.69, 9.17) is 4.55 Å². The van der Waals surface area contributed by atoms with Crippen molar-refractivity contribution in [1.82, 2.24) is 0 Å². The van der Waals surface area contributed by atoms with E-state index in [9.17, 15) is 21.6 Å². The number of halogens is 3. The van der Waals surface area contributed by atoms with Gasteiger partial charge in [-0.2, -0.15) is 17.2 Å². The highest BCUT2D eigenvalue weighted by Gasteiger charge is 2.57. The van der Waals surface area contributed by atoms with Crippen LogP contribution in [-0.2, 0) is 20.3 Å². The van der Waals surface area contributed by atoms with Gasteiger partial charge < -0.3 is 4.18 Å². The summed E-state index contributed by atoms with van der Waals surface area (Å²) in [5, 5.41) is 0. The Balaban J connectivity index is 2.72. The maximum absolute atomic E-state index is 14.5. The van der Waals surface area contributed by atoms with Gasteiger partial charge in [0.25, 0.3) is 0 Å². The molecule has 0 spiro atoms. The highest BCUT2D eigenvalue weighted by atomic mass is 32.3. The van der Waals surface area contributed by atoms with Gasteiger partial charge in [0.05, 0.1) is 0 Å². The Labute approximate surface area is 113 Å². The second kappa shape index (κ2) is 4.35. The zero-order valence-corrected chi connectivity index (χ0v) is 10.7. The van der Waals surface area contributed by atoms with E-state index in [0.717, 1.165) is 6.07 Å². The lowest BCUT2D eigenvalue weighted by Crippen LogP contribution is -2.42. The summed E-state index contributed by atoms with van der Waals surface area (Å²) in [6.07, 6.45) is 0.442. The molecule has 0 fully saturated rings. The molecule has 4 nitrogen and oxygen atoms in total. The third-order valence-corrected chi connectivity index (χ3v) is 3.25. The standard InChI is InChI=1S/C12H9F3O4S/c1-2-11(13)9-6-4-3-5-8(9)10(7-12(11,14)15)19-20(16,17)18/h2-7H,1H2,(H,16,17,18). The van der Waals surface area contributed by atoms with Gasteiger partial charge in [-0.25, -0.2) is 4.39 Å². The van der Waals surface area contributed by atoms with Crippen molar-refractivity contribution in [2.24, 2.45) is 0 Å². The van der Waals surface area contributed by atoms with Crippen molar-refractivity contribution in [3.8, 4) is 0 Å². The van der Waals surface area contributed by atoms with E-state index >= 15 is 0 Å². The van der Waals surface area contributed by atoms with E-state index in [0.29, 0.717) is 6.08 Å². The van der Waals surface area contributed by atoms with E-state index in [1.165, 1.54) is 18.2 Å². The molecule has 108 valence electrons. The minimum Gasteiger partial charge on any atom is -0.361 e. The van der Waals surface area contributed by atoms with Crippen molar-refractivity contribution in [3.63, 3.8) is 0 Å². The molecule has 1 aliphatic carbocycles. The molecule has 8 heteroatoms. The number of alkyl halides is 3. The summed E-state index contributed by atoms with van der Waals surface area (Å²) < 4.78 is 76.3. The molecule has 20 heavy (non-hydrogen) atoms. The van der Waals surface area contributed by atoms with Gasteiger partial charge in [-0.1, -0.05) is 30.8 Å². The third-order valence-electron chi connectivity index (χ3n) is 2.86. The average Bonchev–Trinajstić information content (AvgIpc) is 2.33. The smallest absolute Gasteiger partial charge is 0.361 e. The van der Waals surface area contributed by atoms with Crippen molar-refractivity contribution in [1.29, 1.82) is 0 Å². The van der Waals surface area contributed by atoms with Crippen molar-refractivity contribution in [3.05, 3.63) is 54.1 Å². The maximum Gasteiger partial charge on any atom is 0.446 e. The summed E-state index contributed by atoms with van der Waals surface area (Å²) >= 11 is 0. The van der Waals surface area contributed by atoms with E-state index in [-0.39, 0.29) is 11.6 Å². The van der Waals surface area contributed by atoms with Crippen LogP contribution >= 0.6 is 0 Å². The molecule has 0 amide bonds. The van der Waals surface area contributed by atoms with Gasteiger partial charge in [-0.3, -0.25) is 4.55 Å². The van der Waals surface area contributed by atoms with Crippen LogP contribution in [0.5, 0.6) is 0 Å². The molecule has 1 aromatic rings. The largest absolute Gasteiger partial charge is 0.446 e. The number of hydrogen-bond donors (Lipinski definition) is 1. The van der Waals surface area contributed by atoms with Gasteiger partial charge in [-0.15, -0.1) is 0 Å². The predicted octanol–water partition coefficient (Wildman–Crippen LogP) is 2.85. The summed E-state index contributed by atoms with van der Waals surface area (Å²) in [7, 11) is -5.01. The fourth-order valence-electron chi connectivity index (χ4n) is 1.97. The Morgan fingerprint density at radius 3 is 2.40 bits per heavy atom. The fraction of sp³-hybridized carbons (Fsp3) is 0.167. The predicted molar refractivity (Wildman–Crippen MR) is 65.0 cm³/mol. The van der Waals surface area contributed by atoms with Gasteiger partial charge in [0.1, 0.15) is 0 Å². The summed E-state index contributed by atoms with van der Waals surface area (Å²) in [6.45, 7) is 3.06. The van der Waals surface area contributed by atoms with Gasteiger partial charge in [0.2, 0.25) is 5.67 Å². The summed E-state index contributed by atoms with van der Waals surface area (Å²) in [5.74, 6) is -4.92. The lowest BCUT2D eigenvalue weighted by molar-refractivity contribution is -0.0788. The first kappa shape index (κ1) is 14.6. The minimum absolute atomic E-state index is 0.00475. The second-order valence-corrected chi connectivity index (χ2v) is 5.13. The van der Waals surface area contributed by atoms with Crippen LogP contribution in [0.1, 0.15) is 11.1 Å². The number of benzene rings is 1. The summed E-state index contributed by atoms with van der Waals surface area (Å²) in [4.78, 5) is 0. The van der Waals surface area contributed by atoms with Crippen molar-refractivity contribution in [2.45, 2.75) is 11.6 Å². The first-order valence-corrected chi connectivity index (χ1v) is 6.67. The lowest BCUT2D eigenvalue weighted by Gasteiger charge is -2.34. The monoisotopic (exact) mass is 306 g/mol. The Morgan fingerprint density at radius 2 is 1.85 bits per heavy atom. The molecule has 2 rings (SSSR count). The van der Waals surface area contributed by atoms with Crippen LogP contribution in [0, 0.1) is 0 Å². The Morgan fingerprint density at radius 1 is 1.25 bits per heavy atom. The van der Waals surface area contributed by atoms with E-state index in [2.05, 4.69) is 10.8 Å². The second-order valence-electron chi connectivity index (χ2n) is 4.10. The van der Waals surface area contributed by atoms with Crippen LogP contribution in [0.25, 0.3) is 5.76 Å². The molecule has 1 unspecified atom stereocenters. The Hall–Kier alpha value is -1.80. The fourth-order valence-corrected chi connectivity index (χ4v) is 2.34. The van der Waals surface area contributed by atoms with Gasteiger partial charge in [-0.05, 0) is 6.08 Å². The highest BCUT2D eigenvalue weighted by molar-refractivity contribution is 7.81. The molecule has 1 N–H and O–H groups in total. The molecule has 0 saturated heterocycles. The molecule has 1 aromatic carbocycles. The van der Waals surface area contributed by atoms with E-state index < -0.39 is 33.3 Å². The van der Waals surface area contributed by atoms with Gasteiger partial charge >= 0.3 is 16.3 Å². The molecule has 0 heterocycles. The normalized spacial score (nSPS) is 24.5. The number of rotatable bonds is 3. The van der Waals surface area contributed by atoms with Crippen LogP contribution in [0.4, 0.5) is 13.2 Å². The molecular weight excluding hydrogens is 297 g/mol.